The van der Waals surface area contributed by atoms with E-state index in [1.807, 2.05) is 0 Å². The van der Waals surface area contributed by atoms with Crippen LogP contribution >= 0.6 is 11.3 Å². The minimum absolute atomic E-state index is 0.0491. The number of carbonyl (C=O) groups is 2. The highest BCUT2D eigenvalue weighted by molar-refractivity contribution is 7.15. The third-order valence-electron chi connectivity index (χ3n) is 4.15. The Morgan fingerprint density at radius 3 is 2.79 bits per heavy atom. The van der Waals surface area contributed by atoms with Crippen LogP contribution in [0.15, 0.2) is 30.3 Å². The third-order valence-corrected chi connectivity index (χ3v) is 5.20. The SMILES string of the molecule is N#Cc1cccc(C#Cc2cc(NC(N)=O)c(C(=O)N[C@H]3CCCNC3)s2)c1. The Morgan fingerprint density at radius 2 is 2.07 bits per heavy atom. The Hall–Kier alpha value is -3.33. The molecule has 0 bridgehead atoms. The van der Waals surface area contributed by atoms with Crippen LogP contribution in [0.2, 0.25) is 0 Å². The third kappa shape index (κ3) is 5.10. The van der Waals surface area contributed by atoms with Crippen molar-refractivity contribution in [2.45, 2.75) is 18.9 Å². The van der Waals surface area contributed by atoms with Crippen molar-refractivity contribution in [3.63, 3.8) is 0 Å². The molecule has 1 aromatic carbocycles. The van der Waals surface area contributed by atoms with Crippen LogP contribution in [0.5, 0.6) is 0 Å². The molecule has 2 heterocycles. The molecular formula is C20H19N5O2S. The number of anilines is 1. The number of hydrogen-bond acceptors (Lipinski definition) is 5. The molecule has 0 aliphatic carbocycles. The second-order valence-electron chi connectivity index (χ2n) is 6.30. The lowest BCUT2D eigenvalue weighted by molar-refractivity contribution is 0.0935. The summed E-state index contributed by atoms with van der Waals surface area (Å²) in [5.41, 5.74) is 6.79. The first-order valence-electron chi connectivity index (χ1n) is 8.79. The molecule has 142 valence electrons. The van der Waals surface area contributed by atoms with Gasteiger partial charge in [-0.25, -0.2) is 4.79 Å². The number of amides is 3. The van der Waals surface area contributed by atoms with Crippen LogP contribution in [0.25, 0.3) is 0 Å². The second-order valence-corrected chi connectivity index (χ2v) is 7.35. The highest BCUT2D eigenvalue weighted by atomic mass is 32.1. The Bertz CT molecular complexity index is 990. The molecule has 3 rings (SSSR count). The molecule has 0 unspecified atom stereocenters. The van der Waals surface area contributed by atoms with Crippen LogP contribution in [0.4, 0.5) is 10.5 Å². The Kier molecular flexibility index (Phi) is 6.28. The average Bonchev–Trinajstić information content (AvgIpc) is 3.09. The molecule has 1 fully saturated rings. The second kappa shape index (κ2) is 9.05. The number of primary amides is 1. The summed E-state index contributed by atoms with van der Waals surface area (Å²) in [4.78, 5) is 25.0. The molecule has 8 heteroatoms. The largest absolute Gasteiger partial charge is 0.351 e. The summed E-state index contributed by atoms with van der Waals surface area (Å²) in [6.45, 7) is 1.67. The number of hydrogen-bond donors (Lipinski definition) is 4. The summed E-state index contributed by atoms with van der Waals surface area (Å²) in [5.74, 6) is 5.69. The van der Waals surface area contributed by atoms with Crippen LogP contribution < -0.4 is 21.7 Å². The minimum atomic E-state index is -0.743. The monoisotopic (exact) mass is 393 g/mol. The zero-order valence-electron chi connectivity index (χ0n) is 15.0. The Labute approximate surface area is 166 Å². The van der Waals surface area contributed by atoms with Crippen molar-refractivity contribution in [3.8, 4) is 17.9 Å². The molecular weight excluding hydrogens is 374 g/mol. The molecule has 1 aliphatic rings. The van der Waals surface area contributed by atoms with Gasteiger partial charge in [-0.1, -0.05) is 17.9 Å². The van der Waals surface area contributed by atoms with Gasteiger partial charge in [0.25, 0.3) is 5.91 Å². The maximum Gasteiger partial charge on any atom is 0.316 e. The fraction of sp³-hybridized carbons (Fsp3) is 0.250. The van der Waals surface area contributed by atoms with Crippen molar-refractivity contribution >= 4 is 29.0 Å². The topological polar surface area (TPSA) is 120 Å². The molecule has 5 N–H and O–H groups in total. The van der Waals surface area contributed by atoms with Crippen molar-refractivity contribution in [3.05, 3.63) is 51.2 Å². The maximum absolute atomic E-state index is 12.7. The van der Waals surface area contributed by atoms with Gasteiger partial charge in [0.05, 0.1) is 22.2 Å². The number of rotatable bonds is 3. The number of carbonyl (C=O) groups excluding carboxylic acids is 2. The fourth-order valence-electron chi connectivity index (χ4n) is 2.87. The van der Waals surface area contributed by atoms with Gasteiger partial charge in [-0.2, -0.15) is 5.26 Å². The van der Waals surface area contributed by atoms with Gasteiger partial charge in [-0.15, -0.1) is 11.3 Å². The molecule has 3 amide bonds. The van der Waals surface area contributed by atoms with E-state index in [4.69, 9.17) is 11.0 Å². The summed E-state index contributed by atoms with van der Waals surface area (Å²) in [7, 11) is 0. The highest BCUT2D eigenvalue weighted by Gasteiger charge is 2.21. The molecule has 1 atom stereocenters. The maximum atomic E-state index is 12.7. The van der Waals surface area contributed by atoms with E-state index in [1.165, 1.54) is 11.3 Å². The Balaban J connectivity index is 1.83. The predicted octanol–water partition coefficient (Wildman–Crippen LogP) is 1.99. The molecule has 1 aromatic heterocycles. The lowest BCUT2D eigenvalue weighted by Crippen LogP contribution is -2.45. The van der Waals surface area contributed by atoms with Crippen LogP contribution in [0, 0.1) is 23.2 Å². The van der Waals surface area contributed by atoms with Gasteiger partial charge >= 0.3 is 6.03 Å². The zero-order valence-corrected chi connectivity index (χ0v) is 15.9. The van der Waals surface area contributed by atoms with E-state index in [0.29, 0.717) is 26.6 Å². The molecule has 1 aliphatic heterocycles. The molecule has 0 saturated carbocycles. The van der Waals surface area contributed by atoms with Crippen LogP contribution in [-0.4, -0.2) is 31.1 Å². The summed E-state index contributed by atoms with van der Waals surface area (Å²) in [6, 6.07) is 9.95. The molecule has 0 spiro atoms. The van der Waals surface area contributed by atoms with E-state index in [9.17, 15) is 9.59 Å². The van der Waals surface area contributed by atoms with Crippen LogP contribution in [0.3, 0.4) is 0 Å². The van der Waals surface area contributed by atoms with E-state index in [2.05, 4.69) is 33.9 Å². The first-order chi connectivity index (χ1) is 13.5. The van der Waals surface area contributed by atoms with Crippen molar-refractivity contribution in [2.75, 3.05) is 18.4 Å². The summed E-state index contributed by atoms with van der Waals surface area (Å²) in [5, 5.41) is 17.7. The van der Waals surface area contributed by atoms with Crippen molar-refractivity contribution in [1.82, 2.24) is 10.6 Å². The normalized spacial score (nSPS) is 15.6. The lowest BCUT2D eigenvalue weighted by Gasteiger charge is -2.23. The van der Waals surface area contributed by atoms with Gasteiger partial charge in [0.15, 0.2) is 0 Å². The van der Waals surface area contributed by atoms with Crippen molar-refractivity contribution < 1.29 is 9.59 Å². The van der Waals surface area contributed by atoms with Gasteiger partial charge < -0.3 is 21.7 Å². The first-order valence-corrected chi connectivity index (χ1v) is 9.61. The standard InChI is InChI=1S/C20H19N5O2S/c21-11-14-4-1-3-13(9-14)6-7-16-10-17(25-20(22)27)18(28-16)19(26)24-15-5-2-8-23-12-15/h1,3-4,9-10,15,23H,2,5,8,12H2,(H,24,26)(H3,22,25,27)/t15-/m0/s1. The summed E-state index contributed by atoms with van der Waals surface area (Å²) >= 11 is 1.19. The van der Waals surface area contributed by atoms with Gasteiger partial charge in [0, 0.05) is 18.2 Å². The van der Waals surface area contributed by atoms with E-state index in [1.54, 1.807) is 30.3 Å². The highest BCUT2D eigenvalue weighted by Crippen LogP contribution is 2.27. The number of nitriles is 1. The number of thiophene rings is 1. The average molecular weight is 393 g/mol. The first kappa shape index (κ1) is 19.4. The Morgan fingerprint density at radius 1 is 1.25 bits per heavy atom. The number of nitrogens with two attached hydrogens (primary N) is 1. The van der Waals surface area contributed by atoms with E-state index < -0.39 is 6.03 Å². The van der Waals surface area contributed by atoms with E-state index >= 15 is 0 Å². The molecule has 28 heavy (non-hydrogen) atoms. The summed E-state index contributed by atoms with van der Waals surface area (Å²) in [6.07, 6.45) is 1.91. The summed E-state index contributed by atoms with van der Waals surface area (Å²) < 4.78 is 0. The fourth-order valence-corrected chi connectivity index (χ4v) is 3.74. The smallest absolute Gasteiger partial charge is 0.316 e. The van der Waals surface area contributed by atoms with Gasteiger partial charge in [-0.3, -0.25) is 4.79 Å². The van der Waals surface area contributed by atoms with Crippen molar-refractivity contribution in [2.24, 2.45) is 5.73 Å². The zero-order chi connectivity index (χ0) is 19.9. The minimum Gasteiger partial charge on any atom is -0.351 e. The number of urea groups is 1. The number of nitrogens with zero attached hydrogens (tertiary/aromatic N) is 1. The molecule has 1 saturated heterocycles. The number of benzene rings is 1. The molecule has 2 aromatic rings. The van der Waals surface area contributed by atoms with E-state index in [0.717, 1.165) is 25.9 Å². The number of piperidine rings is 1. The van der Waals surface area contributed by atoms with Gasteiger partial charge in [0.1, 0.15) is 4.88 Å². The predicted molar refractivity (Wildman–Crippen MR) is 108 cm³/mol. The van der Waals surface area contributed by atoms with Crippen LogP contribution in [0.1, 0.15) is 38.5 Å². The molecule has 0 radical (unpaired) electrons. The number of nitrogens with one attached hydrogen (secondary N) is 3. The van der Waals surface area contributed by atoms with Crippen LogP contribution in [-0.2, 0) is 0 Å². The van der Waals surface area contributed by atoms with Gasteiger partial charge in [-0.05, 0) is 43.7 Å². The quantitative estimate of drug-likeness (QED) is 0.596. The van der Waals surface area contributed by atoms with E-state index in [-0.39, 0.29) is 11.9 Å². The van der Waals surface area contributed by atoms with Gasteiger partial charge in [0.2, 0.25) is 0 Å². The van der Waals surface area contributed by atoms with Crippen molar-refractivity contribution in [1.29, 1.82) is 5.26 Å². The molecule has 7 nitrogen and oxygen atoms in total. The lowest BCUT2D eigenvalue weighted by atomic mass is 10.1.